The van der Waals surface area contributed by atoms with Crippen molar-refractivity contribution in [2.75, 3.05) is 14.7 Å². The Balaban J connectivity index is 1.54. The number of hydrogen-bond acceptors (Lipinski definition) is 4. The van der Waals surface area contributed by atoms with E-state index in [1.165, 1.54) is 0 Å². The molecule has 6 heteroatoms. The predicted octanol–water partition coefficient (Wildman–Crippen LogP) is 8.54. The lowest BCUT2D eigenvalue weighted by molar-refractivity contribution is -0.137. The van der Waals surface area contributed by atoms with Gasteiger partial charge in [0.05, 0.1) is 39.3 Å². The Hall–Kier alpha value is -4.97. The fourth-order valence-electron chi connectivity index (χ4n) is 7.00. The van der Waals surface area contributed by atoms with Crippen LogP contribution in [0.4, 0.5) is 22.7 Å². The smallest absolute Gasteiger partial charge is 0.243 e. The van der Waals surface area contributed by atoms with Gasteiger partial charge in [0.15, 0.2) is 0 Å². The third-order valence-corrected chi connectivity index (χ3v) is 9.69. The van der Waals surface area contributed by atoms with E-state index in [1.807, 2.05) is 112 Å². The molecule has 3 heterocycles. The summed E-state index contributed by atoms with van der Waals surface area (Å²) in [6, 6.07) is 30.8. The summed E-state index contributed by atoms with van der Waals surface area (Å²) in [5, 5.41) is 0. The first-order chi connectivity index (χ1) is 21.8. The van der Waals surface area contributed by atoms with Crippen LogP contribution in [0.1, 0.15) is 55.5 Å². The molecule has 7 rings (SSSR count). The third kappa shape index (κ3) is 4.34. The van der Waals surface area contributed by atoms with Crippen molar-refractivity contribution in [3.8, 4) is 0 Å². The molecule has 6 nitrogen and oxygen atoms in total. The predicted molar refractivity (Wildman–Crippen MR) is 187 cm³/mol. The van der Waals surface area contributed by atoms with Crippen LogP contribution in [-0.2, 0) is 9.59 Å². The highest BCUT2D eigenvalue weighted by Crippen LogP contribution is 2.55. The quantitative estimate of drug-likeness (QED) is 0.218. The molecule has 4 aromatic carbocycles. The van der Waals surface area contributed by atoms with Crippen LogP contribution < -0.4 is 14.7 Å². The largest absolute Gasteiger partial charge is 0.315 e. The normalized spacial score (nSPS) is 22.2. The molecule has 4 aromatic rings. The molecule has 0 bridgehead atoms. The van der Waals surface area contributed by atoms with Crippen LogP contribution in [0.3, 0.4) is 0 Å². The van der Waals surface area contributed by atoms with Crippen LogP contribution in [0.2, 0.25) is 0 Å². The number of nitrogens with zero attached hydrogens (tertiary/aromatic N) is 4. The molecule has 3 aliphatic rings. The molecular formula is C40H40N4O2. The lowest BCUT2D eigenvalue weighted by Gasteiger charge is -2.58. The monoisotopic (exact) mass is 608 g/mol. The molecule has 0 aliphatic carbocycles. The van der Waals surface area contributed by atoms with E-state index in [2.05, 4.69) is 49.1 Å². The van der Waals surface area contributed by atoms with E-state index in [-0.39, 0.29) is 18.0 Å². The molecule has 1 atom stereocenters. The Morgan fingerprint density at radius 2 is 1.13 bits per heavy atom. The standard InChI is InChI=1S/C40H40N4O2/c1-24-9-16-28(17-10-24)41-33-31-23-27(4)15-22-32(31)44(36-40(7,8)38(46)43(36)30-20-13-26(3)14-21-30)34(33)35-39(5,6)37(45)42(35)29-18-11-25(2)12-19-29/h9-23,36H,1-8H3/b35-34-,41-33?. The fraction of sp³-hybridized carbons (Fsp3) is 0.275. The van der Waals surface area contributed by atoms with Gasteiger partial charge in [-0.25, -0.2) is 4.99 Å². The highest BCUT2D eigenvalue weighted by atomic mass is 16.2. The van der Waals surface area contributed by atoms with Crippen molar-refractivity contribution in [1.82, 2.24) is 0 Å². The molecule has 0 radical (unpaired) electrons. The van der Waals surface area contributed by atoms with Gasteiger partial charge in [-0.3, -0.25) is 19.4 Å². The summed E-state index contributed by atoms with van der Waals surface area (Å²) in [6.45, 7) is 16.3. The first kappa shape index (κ1) is 29.7. The second-order valence-electron chi connectivity index (χ2n) is 14.1. The molecule has 0 aromatic heterocycles. The topological polar surface area (TPSA) is 56.2 Å². The molecule has 232 valence electrons. The molecule has 2 fully saturated rings. The van der Waals surface area contributed by atoms with Gasteiger partial charge in [-0.15, -0.1) is 0 Å². The van der Waals surface area contributed by atoms with Gasteiger partial charge < -0.3 is 4.90 Å². The van der Waals surface area contributed by atoms with E-state index < -0.39 is 10.8 Å². The molecule has 0 N–H and O–H groups in total. The van der Waals surface area contributed by atoms with Gasteiger partial charge >= 0.3 is 0 Å². The maximum Gasteiger partial charge on any atom is 0.243 e. The summed E-state index contributed by atoms with van der Waals surface area (Å²) < 4.78 is 0. The number of hydrogen-bond donors (Lipinski definition) is 0. The maximum atomic E-state index is 14.0. The molecule has 3 aliphatic heterocycles. The number of aryl methyl sites for hydroxylation is 4. The van der Waals surface area contributed by atoms with Crippen LogP contribution in [-0.4, -0.2) is 23.7 Å². The lowest BCUT2D eigenvalue weighted by Crippen LogP contribution is -2.73. The van der Waals surface area contributed by atoms with Crippen LogP contribution in [0.15, 0.2) is 107 Å². The SMILES string of the molecule is Cc1ccc(N=C2/C(=C3/N(c4ccc(C)cc4)C(=O)C3(C)C)N(C3N(c4ccc(C)cc4)C(=O)C3(C)C)c3ccc(C)cc32)cc1. The van der Waals surface area contributed by atoms with Crippen molar-refractivity contribution in [3.05, 3.63) is 130 Å². The zero-order valence-corrected chi connectivity index (χ0v) is 27.8. The van der Waals surface area contributed by atoms with Gasteiger partial charge in [0.1, 0.15) is 6.17 Å². The second kappa shape index (κ2) is 10.3. The van der Waals surface area contributed by atoms with Gasteiger partial charge in [-0.05, 0) is 104 Å². The minimum Gasteiger partial charge on any atom is -0.315 e. The lowest BCUT2D eigenvalue weighted by atomic mass is 9.74. The van der Waals surface area contributed by atoms with E-state index in [9.17, 15) is 9.59 Å². The van der Waals surface area contributed by atoms with Gasteiger partial charge in [-0.2, -0.15) is 0 Å². The van der Waals surface area contributed by atoms with Crippen LogP contribution >= 0.6 is 0 Å². The number of allylic oxidation sites excluding steroid dienone is 1. The Labute approximate surface area is 271 Å². The van der Waals surface area contributed by atoms with E-state index in [0.29, 0.717) is 0 Å². The van der Waals surface area contributed by atoms with Gasteiger partial charge in [0.2, 0.25) is 11.8 Å². The number of rotatable bonds is 4. The highest BCUT2D eigenvalue weighted by molar-refractivity contribution is 6.27. The Morgan fingerprint density at radius 1 is 0.609 bits per heavy atom. The summed E-state index contributed by atoms with van der Waals surface area (Å²) in [7, 11) is 0. The number of fused-ring (bicyclic) bond motifs is 1. The Morgan fingerprint density at radius 3 is 1.72 bits per heavy atom. The van der Waals surface area contributed by atoms with Crippen LogP contribution in [0.25, 0.3) is 0 Å². The van der Waals surface area contributed by atoms with Crippen molar-refractivity contribution in [2.24, 2.45) is 15.8 Å². The summed E-state index contributed by atoms with van der Waals surface area (Å²) in [6.07, 6.45) is -0.358. The minimum atomic E-state index is -0.795. The van der Waals surface area contributed by atoms with Crippen molar-refractivity contribution < 1.29 is 9.59 Å². The van der Waals surface area contributed by atoms with Gasteiger partial charge in [0.25, 0.3) is 0 Å². The van der Waals surface area contributed by atoms with Gasteiger partial charge in [-0.1, -0.05) is 64.7 Å². The van der Waals surface area contributed by atoms with E-state index in [1.54, 1.807) is 0 Å². The Kier molecular flexibility index (Phi) is 6.64. The summed E-state index contributed by atoms with van der Waals surface area (Å²) in [5.74, 6) is 0.0857. The number of β-lactam (4-membered cyclic amide) rings is 2. The maximum absolute atomic E-state index is 14.0. The average Bonchev–Trinajstić information content (AvgIpc) is 3.31. The van der Waals surface area contributed by atoms with Crippen molar-refractivity contribution in [2.45, 2.75) is 61.6 Å². The molecule has 0 spiro atoms. The number of anilines is 3. The molecular weight excluding hydrogens is 568 g/mol. The second-order valence-corrected chi connectivity index (χ2v) is 14.1. The summed E-state index contributed by atoms with van der Waals surface area (Å²) in [4.78, 5) is 39.3. The molecule has 46 heavy (non-hydrogen) atoms. The van der Waals surface area contributed by atoms with Crippen molar-refractivity contribution in [3.63, 3.8) is 0 Å². The number of amides is 2. The summed E-state index contributed by atoms with van der Waals surface area (Å²) in [5.41, 5.74) is 10.0. The molecule has 0 saturated carbocycles. The van der Waals surface area contributed by atoms with Crippen molar-refractivity contribution >= 4 is 40.3 Å². The zero-order valence-electron chi connectivity index (χ0n) is 27.8. The van der Waals surface area contributed by atoms with Crippen LogP contribution in [0.5, 0.6) is 0 Å². The van der Waals surface area contributed by atoms with E-state index in [0.717, 1.165) is 67.7 Å². The highest BCUT2D eigenvalue weighted by Gasteiger charge is 2.62. The Bertz CT molecular complexity index is 1970. The molecule has 2 saturated heterocycles. The number of carbonyl (C=O) groups excluding carboxylic acids is 2. The minimum absolute atomic E-state index is 0.0277. The number of aliphatic imine (C=N–C) groups is 1. The molecule has 1 unspecified atom stereocenters. The first-order valence-electron chi connectivity index (χ1n) is 15.9. The van der Waals surface area contributed by atoms with E-state index >= 15 is 0 Å². The zero-order chi connectivity index (χ0) is 32.7. The third-order valence-electron chi connectivity index (χ3n) is 9.69. The number of carbonyl (C=O) groups is 2. The summed E-state index contributed by atoms with van der Waals surface area (Å²) >= 11 is 0. The fourth-order valence-corrected chi connectivity index (χ4v) is 7.00. The van der Waals surface area contributed by atoms with Crippen LogP contribution in [0, 0.1) is 38.5 Å². The first-order valence-corrected chi connectivity index (χ1v) is 15.9. The van der Waals surface area contributed by atoms with Gasteiger partial charge in [0, 0.05) is 16.9 Å². The van der Waals surface area contributed by atoms with Crippen molar-refractivity contribution in [1.29, 1.82) is 0 Å². The average molecular weight is 609 g/mol. The number of benzene rings is 4. The molecule has 2 amide bonds. The van der Waals surface area contributed by atoms with E-state index in [4.69, 9.17) is 4.99 Å².